The molecule has 9 heteroatoms. The van der Waals surface area contributed by atoms with Crippen LogP contribution in [0.25, 0.3) is 6.08 Å². The molecule has 1 amide bonds. The number of carbonyl (C=O) groups is 1. The summed E-state index contributed by atoms with van der Waals surface area (Å²) in [4.78, 5) is 18.9. The van der Waals surface area contributed by atoms with Gasteiger partial charge in [0.2, 0.25) is 5.17 Å². The fourth-order valence-electron chi connectivity index (χ4n) is 3.68. The molecular weight excluding hydrogens is 438 g/mol. The summed E-state index contributed by atoms with van der Waals surface area (Å²) in [6.45, 7) is 2.75. The number of carbonyl (C=O) groups excluding carboxylic acids is 1. The topological polar surface area (TPSA) is 90.6 Å². The molecule has 168 valence electrons. The zero-order valence-corrected chi connectivity index (χ0v) is 18.8. The molecule has 0 spiro atoms. The molecule has 1 N–H and O–H groups in total. The summed E-state index contributed by atoms with van der Waals surface area (Å²) in [5.74, 6) is 1.14. The Morgan fingerprint density at radius 3 is 2.30 bits per heavy atom. The molecule has 3 aliphatic rings. The minimum absolute atomic E-state index is 0.0464. The maximum absolute atomic E-state index is 12.6. The van der Waals surface area contributed by atoms with Crippen molar-refractivity contribution in [2.75, 3.05) is 26.3 Å². The van der Waals surface area contributed by atoms with Crippen LogP contribution in [0.3, 0.4) is 0 Å². The molecular formula is C24H23N5O3S. The van der Waals surface area contributed by atoms with E-state index < -0.39 is 5.91 Å². The monoisotopic (exact) mass is 461 g/mol. The van der Waals surface area contributed by atoms with Gasteiger partial charge >= 0.3 is 0 Å². The minimum atomic E-state index is -0.421. The number of amidine groups is 3. The van der Waals surface area contributed by atoms with Crippen molar-refractivity contribution in [3.05, 3.63) is 65.7 Å². The van der Waals surface area contributed by atoms with Crippen LogP contribution in [0.4, 0.5) is 0 Å². The zero-order valence-electron chi connectivity index (χ0n) is 17.9. The molecule has 0 aliphatic carbocycles. The average Bonchev–Trinajstić information content (AvgIpc) is 3.51. The van der Waals surface area contributed by atoms with Gasteiger partial charge in [0.05, 0.1) is 5.57 Å². The van der Waals surface area contributed by atoms with Crippen molar-refractivity contribution < 1.29 is 14.3 Å². The number of benzene rings is 2. The molecule has 3 aliphatic heterocycles. The Morgan fingerprint density at radius 2 is 1.61 bits per heavy atom. The number of hydrazone groups is 1. The number of rotatable bonds is 6. The predicted molar refractivity (Wildman–Crippen MR) is 130 cm³/mol. The van der Waals surface area contributed by atoms with Crippen LogP contribution in [0.5, 0.6) is 11.5 Å². The highest BCUT2D eigenvalue weighted by Gasteiger charge is 2.37. The molecule has 2 aromatic carbocycles. The van der Waals surface area contributed by atoms with E-state index in [0.717, 1.165) is 42.4 Å². The van der Waals surface area contributed by atoms with E-state index in [0.29, 0.717) is 24.1 Å². The smallest absolute Gasteiger partial charge is 0.283 e. The summed E-state index contributed by atoms with van der Waals surface area (Å²) in [6.07, 6.45) is 3.93. The van der Waals surface area contributed by atoms with Crippen molar-refractivity contribution in [1.82, 2.24) is 9.91 Å². The Balaban J connectivity index is 1.21. The van der Waals surface area contributed by atoms with E-state index in [9.17, 15) is 4.79 Å². The van der Waals surface area contributed by atoms with E-state index in [1.807, 2.05) is 54.6 Å². The van der Waals surface area contributed by atoms with Crippen LogP contribution in [-0.4, -0.2) is 58.3 Å². The van der Waals surface area contributed by atoms with Crippen LogP contribution in [0.1, 0.15) is 18.4 Å². The Labute approximate surface area is 196 Å². The van der Waals surface area contributed by atoms with Crippen LogP contribution in [0.2, 0.25) is 0 Å². The number of ether oxygens (including phenoxy) is 2. The highest BCUT2D eigenvalue weighted by molar-refractivity contribution is 8.26. The van der Waals surface area contributed by atoms with E-state index >= 15 is 0 Å². The van der Waals surface area contributed by atoms with Gasteiger partial charge < -0.3 is 14.4 Å². The van der Waals surface area contributed by atoms with Crippen molar-refractivity contribution in [2.24, 2.45) is 10.1 Å². The normalized spacial score (nSPS) is 19.0. The largest absolute Gasteiger partial charge is 0.490 e. The molecule has 0 saturated carbocycles. The third-order valence-electron chi connectivity index (χ3n) is 5.38. The molecule has 33 heavy (non-hydrogen) atoms. The van der Waals surface area contributed by atoms with Crippen LogP contribution < -0.4 is 9.47 Å². The fraction of sp³-hybridized carbons (Fsp3) is 0.250. The summed E-state index contributed by atoms with van der Waals surface area (Å²) in [7, 11) is 0. The SMILES string of the molecule is N=C1/C(=C/c2ccc(OCCOc3ccccc3)cc2)C(=O)N=C2SC(N3CCCC3)=NN12. The lowest BCUT2D eigenvalue weighted by Gasteiger charge is -2.20. The summed E-state index contributed by atoms with van der Waals surface area (Å²) in [5, 5.41) is 15.8. The number of amides is 1. The fourth-order valence-corrected chi connectivity index (χ4v) is 4.63. The first-order chi connectivity index (χ1) is 16.2. The van der Waals surface area contributed by atoms with Crippen molar-refractivity contribution in [3.63, 3.8) is 0 Å². The van der Waals surface area contributed by atoms with Crippen LogP contribution in [0.15, 0.2) is 70.3 Å². The van der Waals surface area contributed by atoms with Gasteiger partial charge in [0.25, 0.3) is 5.91 Å². The van der Waals surface area contributed by atoms with E-state index in [4.69, 9.17) is 14.9 Å². The highest BCUT2D eigenvalue weighted by atomic mass is 32.2. The summed E-state index contributed by atoms with van der Waals surface area (Å²) in [5.41, 5.74) is 1.00. The van der Waals surface area contributed by atoms with Gasteiger partial charge in [-0.2, -0.15) is 10.0 Å². The first-order valence-corrected chi connectivity index (χ1v) is 11.6. The molecule has 0 unspecified atom stereocenters. The van der Waals surface area contributed by atoms with Crippen LogP contribution in [0, 0.1) is 5.41 Å². The number of fused-ring (bicyclic) bond motifs is 1. The number of thioether (sulfide) groups is 1. The second kappa shape index (κ2) is 9.50. The van der Waals surface area contributed by atoms with Crippen molar-refractivity contribution in [2.45, 2.75) is 12.8 Å². The summed E-state index contributed by atoms with van der Waals surface area (Å²) in [6, 6.07) is 16.9. The first-order valence-electron chi connectivity index (χ1n) is 10.8. The standard InChI is InChI=1S/C24H23N5O3S/c25-21-20(22(30)26-23-29(21)27-24(33-23)28-12-4-5-13-28)16-17-8-10-19(11-9-17)32-15-14-31-18-6-2-1-3-7-18/h1-3,6-11,16,25H,4-5,12-15H2/b20-16-,25-21?. The van der Waals surface area contributed by atoms with Crippen molar-refractivity contribution >= 4 is 39.9 Å². The predicted octanol–water partition coefficient (Wildman–Crippen LogP) is 3.82. The van der Waals surface area contributed by atoms with Gasteiger partial charge in [0.1, 0.15) is 24.7 Å². The quantitative estimate of drug-likeness (QED) is 0.520. The van der Waals surface area contributed by atoms with Gasteiger partial charge in [-0.15, -0.1) is 5.10 Å². The molecule has 0 bridgehead atoms. The van der Waals surface area contributed by atoms with E-state index in [-0.39, 0.29) is 11.4 Å². The number of aliphatic imine (C=N–C) groups is 1. The number of nitrogens with one attached hydrogen (secondary N) is 1. The van der Waals surface area contributed by atoms with Crippen molar-refractivity contribution in [1.29, 1.82) is 5.41 Å². The van der Waals surface area contributed by atoms with Gasteiger partial charge in [-0.25, -0.2) is 0 Å². The van der Waals surface area contributed by atoms with E-state index in [2.05, 4.69) is 15.0 Å². The molecule has 0 aromatic heterocycles. The molecule has 0 radical (unpaired) electrons. The van der Waals surface area contributed by atoms with Gasteiger partial charge in [-0.3, -0.25) is 10.2 Å². The third-order valence-corrected chi connectivity index (χ3v) is 6.34. The lowest BCUT2D eigenvalue weighted by Crippen LogP contribution is -2.35. The van der Waals surface area contributed by atoms with Gasteiger partial charge in [0, 0.05) is 13.1 Å². The third kappa shape index (κ3) is 4.78. The molecule has 1 saturated heterocycles. The van der Waals surface area contributed by atoms with Crippen LogP contribution in [-0.2, 0) is 4.79 Å². The Hall–Kier alpha value is -3.59. The molecule has 8 nitrogen and oxygen atoms in total. The lowest BCUT2D eigenvalue weighted by molar-refractivity contribution is -0.114. The maximum Gasteiger partial charge on any atom is 0.283 e. The minimum Gasteiger partial charge on any atom is -0.490 e. The molecule has 5 rings (SSSR count). The number of nitrogens with zero attached hydrogens (tertiary/aromatic N) is 4. The number of likely N-dealkylation sites (tertiary alicyclic amines) is 1. The van der Waals surface area contributed by atoms with Gasteiger partial charge in [0.15, 0.2) is 11.0 Å². The number of hydrogen-bond acceptors (Lipinski definition) is 7. The van der Waals surface area contributed by atoms with E-state index in [1.165, 1.54) is 16.8 Å². The zero-order chi connectivity index (χ0) is 22.6. The second-order valence-electron chi connectivity index (χ2n) is 7.68. The highest BCUT2D eigenvalue weighted by Crippen LogP contribution is 2.31. The Morgan fingerprint density at radius 1 is 0.939 bits per heavy atom. The molecule has 1 fully saturated rings. The molecule has 3 heterocycles. The average molecular weight is 462 g/mol. The lowest BCUT2D eigenvalue weighted by atomic mass is 10.1. The van der Waals surface area contributed by atoms with Gasteiger partial charge in [-0.05, 0) is 60.5 Å². The number of hydrogen-bond donors (Lipinski definition) is 1. The summed E-state index contributed by atoms with van der Waals surface area (Å²) < 4.78 is 11.3. The molecule has 2 aromatic rings. The first kappa shape index (κ1) is 21.3. The number of para-hydroxylation sites is 1. The molecule has 0 atom stereocenters. The van der Waals surface area contributed by atoms with E-state index in [1.54, 1.807) is 6.08 Å². The van der Waals surface area contributed by atoms with Crippen molar-refractivity contribution in [3.8, 4) is 11.5 Å². The van der Waals surface area contributed by atoms with Gasteiger partial charge in [-0.1, -0.05) is 30.3 Å². The Kier molecular flexibility index (Phi) is 6.12. The van der Waals surface area contributed by atoms with Crippen LogP contribution >= 0.6 is 11.8 Å². The summed E-state index contributed by atoms with van der Waals surface area (Å²) >= 11 is 1.35. The Bertz CT molecular complexity index is 1140. The maximum atomic E-state index is 12.6. The second-order valence-corrected chi connectivity index (χ2v) is 8.61.